The van der Waals surface area contributed by atoms with Gasteiger partial charge in [-0.3, -0.25) is 14.6 Å². The number of H-pyrrole nitrogens is 1. The fourth-order valence-electron chi connectivity index (χ4n) is 2.80. The first-order valence-electron chi connectivity index (χ1n) is 7.41. The van der Waals surface area contributed by atoms with Crippen LogP contribution in [0.1, 0.15) is 32.7 Å². The Kier molecular flexibility index (Phi) is 3.48. The summed E-state index contributed by atoms with van der Waals surface area (Å²) in [6.07, 6.45) is 5.65. The molecule has 0 aliphatic carbocycles. The molecule has 0 saturated carbocycles. The van der Waals surface area contributed by atoms with E-state index >= 15 is 0 Å². The van der Waals surface area contributed by atoms with Crippen molar-refractivity contribution in [2.45, 2.75) is 32.7 Å². The predicted molar refractivity (Wildman–Crippen MR) is 86.6 cm³/mol. The van der Waals surface area contributed by atoms with Gasteiger partial charge in [-0.25, -0.2) is 0 Å². The highest BCUT2D eigenvalue weighted by atomic mass is 16.1. The van der Waals surface area contributed by atoms with Crippen molar-refractivity contribution < 1.29 is 0 Å². The summed E-state index contributed by atoms with van der Waals surface area (Å²) in [7, 11) is 1.86. The van der Waals surface area contributed by atoms with Crippen LogP contribution in [0.2, 0.25) is 0 Å². The van der Waals surface area contributed by atoms with Crippen molar-refractivity contribution in [3.8, 4) is 11.3 Å². The normalized spacial score (nSPS) is 12.9. The molecule has 1 atom stereocenters. The van der Waals surface area contributed by atoms with Crippen molar-refractivity contribution in [3.63, 3.8) is 0 Å². The van der Waals surface area contributed by atoms with Gasteiger partial charge in [-0.05, 0) is 19.4 Å². The van der Waals surface area contributed by atoms with Crippen LogP contribution in [0.3, 0.4) is 0 Å². The smallest absolute Gasteiger partial charge is 0.264 e. The Morgan fingerprint density at radius 3 is 2.86 bits per heavy atom. The van der Waals surface area contributed by atoms with Crippen molar-refractivity contribution in [2.75, 3.05) is 5.73 Å². The molecule has 3 aromatic rings. The Hall–Kier alpha value is -2.57. The van der Waals surface area contributed by atoms with Crippen LogP contribution >= 0.6 is 0 Å². The van der Waals surface area contributed by atoms with Gasteiger partial charge in [0.2, 0.25) is 0 Å². The number of fused-ring (bicyclic) bond motifs is 1. The van der Waals surface area contributed by atoms with Crippen LogP contribution in [0.15, 0.2) is 23.3 Å². The monoisotopic (exact) mass is 300 g/mol. The summed E-state index contributed by atoms with van der Waals surface area (Å²) in [6, 6.07) is 2.00. The lowest BCUT2D eigenvalue weighted by Gasteiger charge is -2.16. The number of aryl methyl sites for hydroxylation is 1. The quantitative estimate of drug-likeness (QED) is 0.771. The predicted octanol–water partition coefficient (Wildman–Crippen LogP) is 2.07. The first-order chi connectivity index (χ1) is 10.5. The standard InChI is InChI=1S/C15H20N6O/c1-4-5-9(2)21-8-10(11-6-7-20(3)19-11)13-12(15(21)22)14(16)18-17-13/h6-9H,4-5H2,1-3H3,(H3,16,17,18). The van der Waals surface area contributed by atoms with Gasteiger partial charge in [0, 0.05) is 31.0 Å². The second kappa shape index (κ2) is 5.32. The molecule has 22 heavy (non-hydrogen) atoms. The summed E-state index contributed by atoms with van der Waals surface area (Å²) < 4.78 is 3.47. The number of hydrogen-bond acceptors (Lipinski definition) is 4. The van der Waals surface area contributed by atoms with Crippen LogP contribution in [0.5, 0.6) is 0 Å². The zero-order valence-electron chi connectivity index (χ0n) is 13.0. The lowest BCUT2D eigenvalue weighted by Crippen LogP contribution is -2.23. The topological polar surface area (TPSA) is 94.5 Å². The molecule has 116 valence electrons. The van der Waals surface area contributed by atoms with E-state index < -0.39 is 0 Å². The van der Waals surface area contributed by atoms with Crippen molar-refractivity contribution >= 4 is 16.7 Å². The largest absolute Gasteiger partial charge is 0.382 e. The zero-order chi connectivity index (χ0) is 15.9. The minimum absolute atomic E-state index is 0.0960. The zero-order valence-corrected chi connectivity index (χ0v) is 13.0. The van der Waals surface area contributed by atoms with Gasteiger partial charge in [0.1, 0.15) is 5.39 Å². The maximum Gasteiger partial charge on any atom is 0.264 e. The molecule has 3 rings (SSSR count). The molecule has 0 radical (unpaired) electrons. The van der Waals surface area contributed by atoms with Crippen molar-refractivity contribution in [1.29, 1.82) is 0 Å². The summed E-state index contributed by atoms with van der Waals surface area (Å²) in [5.74, 6) is 0.232. The van der Waals surface area contributed by atoms with Gasteiger partial charge in [0.05, 0.1) is 11.2 Å². The van der Waals surface area contributed by atoms with E-state index in [1.807, 2.05) is 32.4 Å². The Morgan fingerprint density at radius 2 is 2.23 bits per heavy atom. The number of hydrogen-bond donors (Lipinski definition) is 2. The summed E-state index contributed by atoms with van der Waals surface area (Å²) in [6.45, 7) is 4.14. The van der Waals surface area contributed by atoms with Gasteiger partial charge in [0.15, 0.2) is 5.82 Å². The van der Waals surface area contributed by atoms with Crippen LogP contribution in [0.25, 0.3) is 22.2 Å². The molecule has 3 aromatic heterocycles. The molecule has 3 N–H and O–H groups in total. The van der Waals surface area contributed by atoms with Gasteiger partial charge < -0.3 is 10.3 Å². The molecule has 0 spiro atoms. The molecule has 0 saturated heterocycles. The molecule has 7 nitrogen and oxygen atoms in total. The first kappa shape index (κ1) is 14.4. The molecule has 0 bridgehead atoms. The number of nitrogen functional groups attached to an aromatic ring is 1. The first-order valence-corrected chi connectivity index (χ1v) is 7.41. The molecule has 0 amide bonds. The third kappa shape index (κ3) is 2.18. The van der Waals surface area contributed by atoms with E-state index in [4.69, 9.17) is 5.73 Å². The average molecular weight is 300 g/mol. The van der Waals surface area contributed by atoms with Gasteiger partial charge in [0.25, 0.3) is 5.56 Å². The van der Waals surface area contributed by atoms with Gasteiger partial charge >= 0.3 is 0 Å². The lowest BCUT2D eigenvalue weighted by atomic mass is 10.1. The van der Waals surface area contributed by atoms with Gasteiger partial charge in [-0.2, -0.15) is 10.2 Å². The number of rotatable bonds is 4. The SMILES string of the molecule is CCCC(C)n1cc(-c2ccn(C)n2)c2[nH]nc(N)c2c1=O. The highest BCUT2D eigenvalue weighted by Gasteiger charge is 2.19. The minimum Gasteiger partial charge on any atom is -0.382 e. The number of nitrogens with one attached hydrogen (secondary N) is 1. The van der Waals surface area contributed by atoms with Crippen molar-refractivity contribution in [2.24, 2.45) is 7.05 Å². The third-order valence-electron chi connectivity index (χ3n) is 3.95. The Morgan fingerprint density at radius 1 is 1.45 bits per heavy atom. The van der Waals surface area contributed by atoms with Crippen LogP contribution in [0, 0.1) is 0 Å². The molecular weight excluding hydrogens is 280 g/mol. The fourth-order valence-corrected chi connectivity index (χ4v) is 2.80. The highest BCUT2D eigenvalue weighted by molar-refractivity contribution is 5.97. The van der Waals surface area contributed by atoms with E-state index in [0.29, 0.717) is 10.9 Å². The number of aromatic nitrogens is 5. The van der Waals surface area contributed by atoms with E-state index in [0.717, 1.165) is 24.1 Å². The number of nitrogens with zero attached hydrogens (tertiary/aromatic N) is 4. The van der Waals surface area contributed by atoms with E-state index in [-0.39, 0.29) is 17.4 Å². The van der Waals surface area contributed by atoms with E-state index in [9.17, 15) is 4.79 Å². The molecule has 7 heteroatoms. The Balaban J connectivity index is 2.32. The average Bonchev–Trinajstić information content (AvgIpc) is 3.07. The lowest BCUT2D eigenvalue weighted by molar-refractivity contribution is 0.489. The molecule has 0 aromatic carbocycles. The Bertz CT molecular complexity index is 872. The number of anilines is 1. The Labute approximate surface area is 127 Å². The third-order valence-corrected chi connectivity index (χ3v) is 3.95. The summed E-state index contributed by atoms with van der Waals surface area (Å²) in [5, 5.41) is 11.7. The fraction of sp³-hybridized carbons (Fsp3) is 0.400. The van der Waals surface area contributed by atoms with Crippen molar-refractivity contribution in [3.05, 3.63) is 28.8 Å². The highest BCUT2D eigenvalue weighted by Crippen LogP contribution is 2.27. The molecule has 3 heterocycles. The van der Waals surface area contributed by atoms with Gasteiger partial charge in [-0.1, -0.05) is 13.3 Å². The summed E-state index contributed by atoms with van der Waals surface area (Å²) >= 11 is 0. The molecule has 1 unspecified atom stereocenters. The van der Waals surface area contributed by atoms with Crippen molar-refractivity contribution in [1.82, 2.24) is 24.5 Å². The van der Waals surface area contributed by atoms with Crippen LogP contribution in [-0.4, -0.2) is 24.5 Å². The molecule has 0 aliphatic rings. The summed E-state index contributed by atoms with van der Waals surface area (Å²) in [5.41, 5.74) is 8.04. The second-order valence-electron chi connectivity index (χ2n) is 5.63. The van der Waals surface area contributed by atoms with Gasteiger partial charge in [-0.15, -0.1) is 0 Å². The van der Waals surface area contributed by atoms with E-state index in [2.05, 4.69) is 22.2 Å². The number of nitrogens with two attached hydrogens (primary N) is 1. The van der Waals surface area contributed by atoms with E-state index in [1.54, 1.807) is 9.25 Å². The van der Waals surface area contributed by atoms with Crippen LogP contribution < -0.4 is 11.3 Å². The minimum atomic E-state index is -0.109. The molecule has 0 aliphatic heterocycles. The molecular formula is C15H20N6O. The number of aromatic amines is 1. The van der Waals surface area contributed by atoms with E-state index in [1.165, 1.54) is 0 Å². The van der Waals surface area contributed by atoms with Crippen LogP contribution in [0.4, 0.5) is 5.82 Å². The maximum absolute atomic E-state index is 12.7. The van der Waals surface area contributed by atoms with Crippen LogP contribution in [-0.2, 0) is 7.05 Å². The second-order valence-corrected chi connectivity index (χ2v) is 5.63. The molecule has 0 fully saturated rings. The summed E-state index contributed by atoms with van der Waals surface area (Å²) in [4.78, 5) is 12.7. The maximum atomic E-state index is 12.7. The number of pyridine rings is 1.